The Bertz CT molecular complexity index is 2850. The molecule has 0 aliphatic heterocycles. The number of rotatable bonds is 4. The molecule has 2 heterocycles. The van der Waals surface area contributed by atoms with Gasteiger partial charge >= 0.3 is 0 Å². The van der Waals surface area contributed by atoms with Crippen molar-refractivity contribution >= 4 is 48.9 Å². The molecule has 3 heteroatoms. The highest BCUT2D eigenvalue weighted by Crippen LogP contribution is 2.45. The van der Waals surface area contributed by atoms with E-state index in [1.807, 2.05) is 22.9 Å². The first kappa shape index (κ1) is 27.5. The van der Waals surface area contributed by atoms with Crippen LogP contribution in [0.3, 0.4) is 0 Å². The average Bonchev–Trinajstić information content (AvgIpc) is 3.61. The third kappa shape index (κ3) is 4.59. The smallest absolute Gasteiger partial charge is 0.234 e. The number of imidazole rings is 1. The van der Waals surface area contributed by atoms with Gasteiger partial charge in [-0.05, 0) is 101 Å². The Morgan fingerprint density at radius 3 is 1.57 bits per heavy atom. The minimum absolute atomic E-state index is 0.701. The van der Waals surface area contributed by atoms with Gasteiger partial charge in [0.2, 0.25) is 5.78 Å². The van der Waals surface area contributed by atoms with Crippen LogP contribution < -0.4 is 0 Å². The van der Waals surface area contributed by atoms with Crippen molar-refractivity contribution in [3.63, 3.8) is 0 Å². The molecule has 0 N–H and O–H groups in total. The molecule has 0 bridgehead atoms. The van der Waals surface area contributed by atoms with Gasteiger partial charge in [-0.1, -0.05) is 133 Å². The summed E-state index contributed by atoms with van der Waals surface area (Å²) in [5.41, 5.74) is 9.29. The Morgan fingerprint density at radius 2 is 0.918 bits per heavy atom. The summed E-state index contributed by atoms with van der Waals surface area (Å²) in [5, 5.41) is 9.97. The Kier molecular flexibility index (Phi) is 6.18. The maximum absolute atomic E-state index is 4.73. The van der Waals surface area contributed by atoms with E-state index in [1.54, 1.807) is 6.20 Å². The molecule has 0 unspecified atom stereocenters. The van der Waals surface area contributed by atoms with Crippen molar-refractivity contribution < 1.29 is 0 Å². The lowest BCUT2D eigenvalue weighted by Gasteiger charge is -2.19. The van der Waals surface area contributed by atoms with Crippen molar-refractivity contribution in [3.8, 4) is 44.6 Å². The number of nitrogens with zero attached hydrogens (tertiary/aromatic N) is 3. The van der Waals surface area contributed by atoms with Crippen LogP contribution in [0.4, 0.5) is 0 Å². The van der Waals surface area contributed by atoms with E-state index in [4.69, 9.17) is 4.98 Å². The lowest BCUT2D eigenvalue weighted by Crippen LogP contribution is -1.92. The van der Waals surface area contributed by atoms with Crippen molar-refractivity contribution in [2.24, 2.45) is 0 Å². The highest BCUT2D eigenvalue weighted by Gasteiger charge is 2.18. The van der Waals surface area contributed by atoms with Crippen molar-refractivity contribution in [1.29, 1.82) is 0 Å². The molecule has 0 radical (unpaired) electrons. The maximum atomic E-state index is 4.73. The van der Waals surface area contributed by atoms with Crippen molar-refractivity contribution in [2.45, 2.75) is 0 Å². The van der Waals surface area contributed by atoms with E-state index in [0.717, 1.165) is 16.8 Å². The van der Waals surface area contributed by atoms with Crippen LogP contribution in [0, 0.1) is 0 Å². The number of hydrogen-bond donors (Lipinski definition) is 0. The predicted molar refractivity (Wildman–Crippen MR) is 205 cm³/mol. The van der Waals surface area contributed by atoms with Crippen LogP contribution in [-0.2, 0) is 0 Å². The standard InChI is InChI=1S/C46H29N3/c1-3-10-34-26-37(20-16-30(34)8-1)44-39-12-5-6-13-40(39)45(38-21-17-31-9-2-4-11-35(31)27-38)42-28-36(22-23-41(42)44)32-14-18-33(19-15-32)43-29-49-25-7-24-47-46(49)48-43/h1-29H. The fourth-order valence-corrected chi connectivity index (χ4v) is 7.47. The predicted octanol–water partition coefficient (Wildman–Crippen LogP) is 12.0. The number of benzene rings is 8. The third-order valence-corrected chi connectivity index (χ3v) is 9.85. The van der Waals surface area contributed by atoms with Gasteiger partial charge in [0.25, 0.3) is 0 Å². The molecule has 228 valence electrons. The van der Waals surface area contributed by atoms with Gasteiger partial charge in [-0.25, -0.2) is 9.97 Å². The van der Waals surface area contributed by atoms with Gasteiger partial charge in [0.15, 0.2) is 0 Å². The van der Waals surface area contributed by atoms with Crippen LogP contribution in [0.1, 0.15) is 0 Å². The van der Waals surface area contributed by atoms with Crippen molar-refractivity contribution in [3.05, 3.63) is 176 Å². The zero-order valence-corrected chi connectivity index (χ0v) is 26.6. The van der Waals surface area contributed by atoms with Crippen LogP contribution in [0.5, 0.6) is 0 Å². The molecule has 0 aliphatic rings. The van der Waals surface area contributed by atoms with E-state index in [0.29, 0.717) is 5.78 Å². The zero-order chi connectivity index (χ0) is 32.3. The van der Waals surface area contributed by atoms with E-state index < -0.39 is 0 Å². The molecule has 0 aliphatic carbocycles. The SMILES string of the molecule is c1ccc2cc(-c3c4ccccc4c(-c4ccc5ccccc5c4)c4cc(-c5ccc(-c6cn7cccnc7n6)cc5)ccc34)ccc2c1. The van der Waals surface area contributed by atoms with E-state index >= 15 is 0 Å². The topological polar surface area (TPSA) is 30.2 Å². The molecule has 8 aromatic carbocycles. The van der Waals surface area contributed by atoms with Gasteiger partial charge in [-0.2, -0.15) is 0 Å². The molecular formula is C46H29N3. The number of hydrogen-bond acceptors (Lipinski definition) is 2. The zero-order valence-electron chi connectivity index (χ0n) is 26.6. The summed E-state index contributed by atoms with van der Waals surface area (Å²) in [6, 6.07) is 57.5. The molecule has 0 atom stereocenters. The molecule has 0 saturated carbocycles. The van der Waals surface area contributed by atoms with E-state index in [-0.39, 0.29) is 0 Å². The molecule has 0 amide bonds. The summed E-state index contributed by atoms with van der Waals surface area (Å²) < 4.78 is 1.96. The number of fused-ring (bicyclic) bond motifs is 5. The Morgan fingerprint density at radius 1 is 0.388 bits per heavy atom. The van der Waals surface area contributed by atoms with Crippen LogP contribution in [0.15, 0.2) is 176 Å². The molecule has 0 fully saturated rings. The largest absolute Gasteiger partial charge is 0.291 e. The van der Waals surface area contributed by atoms with Crippen LogP contribution in [0.25, 0.3) is 93.5 Å². The lowest BCUT2D eigenvalue weighted by molar-refractivity contribution is 1.11. The second kappa shape index (κ2) is 11.0. The fraction of sp³-hybridized carbons (Fsp3) is 0. The van der Waals surface area contributed by atoms with Crippen LogP contribution in [-0.4, -0.2) is 14.4 Å². The number of aromatic nitrogens is 3. The normalized spacial score (nSPS) is 11.7. The summed E-state index contributed by atoms with van der Waals surface area (Å²) >= 11 is 0. The minimum atomic E-state index is 0.701. The second-order valence-corrected chi connectivity index (χ2v) is 12.7. The Labute approximate surface area is 283 Å². The summed E-state index contributed by atoms with van der Waals surface area (Å²) in [6.45, 7) is 0. The van der Waals surface area contributed by atoms with E-state index in [2.05, 4.69) is 157 Å². The highest BCUT2D eigenvalue weighted by molar-refractivity contribution is 6.22. The van der Waals surface area contributed by atoms with Gasteiger partial charge in [-0.3, -0.25) is 4.40 Å². The summed E-state index contributed by atoms with van der Waals surface area (Å²) in [6.07, 6.45) is 5.78. The van der Waals surface area contributed by atoms with Gasteiger partial charge in [-0.15, -0.1) is 0 Å². The maximum Gasteiger partial charge on any atom is 0.234 e. The lowest BCUT2D eigenvalue weighted by atomic mass is 9.84. The molecule has 0 saturated heterocycles. The van der Waals surface area contributed by atoms with Gasteiger partial charge in [0.1, 0.15) is 0 Å². The molecule has 10 rings (SSSR count). The quantitative estimate of drug-likeness (QED) is 0.183. The first-order valence-electron chi connectivity index (χ1n) is 16.6. The van der Waals surface area contributed by atoms with E-state index in [1.165, 1.54) is 70.9 Å². The first-order valence-corrected chi connectivity index (χ1v) is 16.6. The Balaban J connectivity index is 1.21. The molecule has 3 nitrogen and oxygen atoms in total. The first-order chi connectivity index (χ1) is 24.3. The van der Waals surface area contributed by atoms with Crippen LogP contribution in [0.2, 0.25) is 0 Å². The van der Waals surface area contributed by atoms with Crippen molar-refractivity contribution in [1.82, 2.24) is 14.4 Å². The van der Waals surface area contributed by atoms with E-state index in [9.17, 15) is 0 Å². The van der Waals surface area contributed by atoms with Gasteiger partial charge in [0.05, 0.1) is 5.69 Å². The fourth-order valence-electron chi connectivity index (χ4n) is 7.47. The molecule has 0 spiro atoms. The van der Waals surface area contributed by atoms with Crippen molar-refractivity contribution in [2.75, 3.05) is 0 Å². The molecule has 2 aromatic heterocycles. The van der Waals surface area contributed by atoms with Gasteiger partial charge in [0, 0.05) is 24.2 Å². The second-order valence-electron chi connectivity index (χ2n) is 12.7. The minimum Gasteiger partial charge on any atom is -0.291 e. The highest BCUT2D eigenvalue weighted by atomic mass is 15.1. The average molecular weight is 624 g/mol. The molecule has 10 aromatic rings. The Hall–Kier alpha value is -6.58. The summed E-state index contributed by atoms with van der Waals surface area (Å²) in [7, 11) is 0. The van der Waals surface area contributed by atoms with Gasteiger partial charge < -0.3 is 0 Å². The third-order valence-electron chi connectivity index (χ3n) is 9.85. The summed E-state index contributed by atoms with van der Waals surface area (Å²) in [5.74, 6) is 0.701. The molecule has 49 heavy (non-hydrogen) atoms. The monoisotopic (exact) mass is 623 g/mol. The molecular weight excluding hydrogens is 595 g/mol. The summed E-state index contributed by atoms with van der Waals surface area (Å²) in [4.78, 5) is 9.12. The van der Waals surface area contributed by atoms with Crippen LogP contribution >= 0.6 is 0 Å².